The molecule has 1 saturated heterocycles. The van der Waals surface area contributed by atoms with Gasteiger partial charge in [-0.2, -0.15) is 4.98 Å². The van der Waals surface area contributed by atoms with Gasteiger partial charge in [0.25, 0.3) is 0 Å². The Morgan fingerprint density at radius 2 is 2.24 bits per heavy atom. The van der Waals surface area contributed by atoms with Gasteiger partial charge in [-0.15, -0.1) is 0 Å². The molecule has 9 heteroatoms. The molecule has 132 valence electrons. The van der Waals surface area contributed by atoms with E-state index in [0.29, 0.717) is 36.4 Å². The van der Waals surface area contributed by atoms with E-state index in [2.05, 4.69) is 25.6 Å². The van der Waals surface area contributed by atoms with E-state index in [9.17, 15) is 4.79 Å². The zero-order valence-electron chi connectivity index (χ0n) is 13.8. The predicted molar refractivity (Wildman–Crippen MR) is 92.3 cm³/mol. The standard InChI is InChI=1S/C16H20N6O3/c1-25-14-12(5-2-7-17-14)20-15-18-8-6-13(21-15)19-11-4-3-9-22(10-11)16(23)24/h2,5-8,11H,3-4,9-10H2,1H3,(H,23,24)(H2,18,19,20,21). The quantitative estimate of drug-likeness (QED) is 0.756. The summed E-state index contributed by atoms with van der Waals surface area (Å²) in [6, 6.07) is 5.39. The van der Waals surface area contributed by atoms with Crippen LogP contribution in [0.25, 0.3) is 0 Å². The molecular formula is C16H20N6O3. The Bertz CT molecular complexity index is 741. The molecule has 2 aromatic heterocycles. The maximum Gasteiger partial charge on any atom is 0.407 e. The van der Waals surface area contributed by atoms with Gasteiger partial charge in [0.1, 0.15) is 11.5 Å². The molecule has 1 atom stereocenters. The van der Waals surface area contributed by atoms with E-state index in [4.69, 9.17) is 9.84 Å². The van der Waals surface area contributed by atoms with Crippen LogP contribution in [-0.2, 0) is 0 Å². The van der Waals surface area contributed by atoms with Crippen molar-refractivity contribution in [3.8, 4) is 5.88 Å². The fraction of sp³-hybridized carbons (Fsp3) is 0.375. The Morgan fingerprint density at radius 3 is 3.04 bits per heavy atom. The number of nitrogens with one attached hydrogen (secondary N) is 2. The summed E-state index contributed by atoms with van der Waals surface area (Å²) in [5.74, 6) is 1.49. The number of aromatic nitrogens is 3. The molecule has 0 spiro atoms. The predicted octanol–water partition coefficient (Wildman–Crippen LogP) is 2.18. The molecule has 1 aliphatic rings. The number of piperidine rings is 1. The molecule has 2 aromatic rings. The lowest BCUT2D eigenvalue weighted by molar-refractivity contribution is 0.133. The lowest BCUT2D eigenvalue weighted by atomic mass is 10.1. The van der Waals surface area contributed by atoms with E-state index < -0.39 is 6.09 Å². The summed E-state index contributed by atoms with van der Waals surface area (Å²) in [6.07, 6.45) is 4.11. The largest absolute Gasteiger partial charge is 0.480 e. The van der Waals surface area contributed by atoms with Crippen molar-refractivity contribution in [1.82, 2.24) is 19.9 Å². The van der Waals surface area contributed by atoms with Crippen LogP contribution in [0.15, 0.2) is 30.6 Å². The minimum atomic E-state index is -0.889. The van der Waals surface area contributed by atoms with Crippen molar-refractivity contribution < 1.29 is 14.6 Å². The second kappa shape index (κ2) is 7.65. The fourth-order valence-corrected chi connectivity index (χ4v) is 2.75. The van der Waals surface area contributed by atoms with Crippen molar-refractivity contribution in [2.75, 3.05) is 30.8 Å². The van der Waals surface area contributed by atoms with E-state index in [0.717, 1.165) is 12.8 Å². The molecule has 1 unspecified atom stereocenters. The van der Waals surface area contributed by atoms with Crippen molar-refractivity contribution in [1.29, 1.82) is 0 Å². The van der Waals surface area contributed by atoms with Crippen LogP contribution in [0, 0.1) is 0 Å². The highest BCUT2D eigenvalue weighted by molar-refractivity contribution is 5.65. The monoisotopic (exact) mass is 344 g/mol. The highest BCUT2D eigenvalue weighted by atomic mass is 16.5. The van der Waals surface area contributed by atoms with Gasteiger partial charge in [0, 0.05) is 31.5 Å². The van der Waals surface area contributed by atoms with Gasteiger partial charge in [0.2, 0.25) is 11.8 Å². The number of hydrogen-bond acceptors (Lipinski definition) is 7. The zero-order valence-corrected chi connectivity index (χ0v) is 13.8. The molecule has 9 nitrogen and oxygen atoms in total. The number of ether oxygens (including phenoxy) is 1. The first-order valence-corrected chi connectivity index (χ1v) is 7.99. The summed E-state index contributed by atoms with van der Waals surface area (Å²) in [6.45, 7) is 1.02. The Balaban J connectivity index is 1.68. The SMILES string of the molecule is COc1ncccc1Nc1nccc(NC2CCCN(C(=O)O)C2)n1. The first kappa shape index (κ1) is 16.7. The molecule has 3 rings (SSSR count). The minimum absolute atomic E-state index is 0.0283. The summed E-state index contributed by atoms with van der Waals surface area (Å²) in [5.41, 5.74) is 0.664. The van der Waals surface area contributed by atoms with E-state index >= 15 is 0 Å². The van der Waals surface area contributed by atoms with Crippen LogP contribution < -0.4 is 15.4 Å². The van der Waals surface area contributed by atoms with Gasteiger partial charge in [-0.05, 0) is 31.0 Å². The molecule has 0 aliphatic carbocycles. The Hall–Kier alpha value is -3.10. The van der Waals surface area contributed by atoms with Crippen LogP contribution in [0.5, 0.6) is 5.88 Å². The van der Waals surface area contributed by atoms with E-state index in [1.165, 1.54) is 4.90 Å². The van der Waals surface area contributed by atoms with Gasteiger partial charge < -0.3 is 25.4 Å². The van der Waals surface area contributed by atoms with Crippen LogP contribution in [-0.4, -0.2) is 57.3 Å². The average molecular weight is 344 g/mol. The smallest absolute Gasteiger partial charge is 0.407 e. The van der Waals surface area contributed by atoms with Crippen molar-refractivity contribution in [2.24, 2.45) is 0 Å². The second-order valence-corrected chi connectivity index (χ2v) is 5.66. The molecule has 25 heavy (non-hydrogen) atoms. The lowest BCUT2D eigenvalue weighted by Crippen LogP contribution is -2.44. The van der Waals surface area contributed by atoms with Gasteiger partial charge in [-0.25, -0.2) is 14.8 Å². The van der Waals surface area contributed by atoms with Crippen LogP contribution in [0.3, 0.4) is 0 Å². The molecule has 0 saturated carbocycles. The number of carboxylic acid groups (broad SMARTS) is 1. The third kappa shape index (κ3) is 4.25. The van der Waals surface area contributed by atoms with Crippen molar-refractivity contribution in [3.63, 3.8) is 0 Å². The maximum atomic E-state index is 11.1. The second-order valence-electron chi connectivity index (χ2n) is 5.66. The van der Waals surface area contributed by atoms with Gasteiger partial charge in [-0.1, -0.05) is 0 Å². The normalized spacial score (nSPS) is 17.0. The molecule has 1 fully saturated rings. The molecule has 1 amide bonds. The highest BCUT2D eigenvalue weighted by Gasteiger charge is 2.23. The first-order chi connectivity index (χ1) is 12.2. The van der Waals surface area contributed by atoms with E-state index in [1.807, 2.05) is 6.07 Å². The third-order valence-electron chi connectivity index (χ3n) is 3.91. The molecule has 3 N–H and O–H groups in total. The number of rotatable bonds is 5. The number of amides is 1. The van der Waals surface area contributed by atoms with E-state index in [-0.39, 0.29) is 6.04 Å². The molecule has 0 bridgehead atoms. The van der Waals surface area contributed by atoms with Gasteiger partial charge >= 0.3 is 6.09 Å². The van der Waals surface area contributed by atoms with Crippen LogP contribution >= 0.6 is 0 Å². The Kier molecular flexibility index (Phi) is 5.12. The average Bonchev–Trinajstić information content (AvgIpc) is 2.63. The van der Waals surface area contributed by atoms with Gasteiger partial charge in [-0.3, -0.25) is 0 Å². The summed E-state index contributed by atoms with van der Waals surface area (Å²) in [7, 11) is 1.55. The third-order valence-corrected chi connectivity index (χ3v) is 3.91. The topological polar surface area (TPSA) is 112 Å². The van der Waals surface area contributed by atoms with Crippen molar-refractivity contribution >= 4 is 23.5 Å². The van der Waals surface area contributed by atoms with Gasteiger partial charge in [0.15, 0.2) is 0 Å². The zero-order chi connectivity index (χ0) is 17.6. The van der Waals surface area contributed by atoms with Gasteiger partial charge in [0.05, 0.1) is 7.11 Å². The number of pyridine rings is 1. The highest BCUT2D eigenvalue weighted by Crippen LogP contribution is 2.23. The number of anilines is 3. The van der Waals surface area contributed by atoms with E-state index in [1.54, 1.807) is 31.6 Å². The Labute approximate surface area is 145 Å². The number of hydrogen-bond donors (Lipinski definition) is 3. The summed E-state index contributed by atoms with van der Waals surface area (Å²) in [5, 5.41) is 15.5. The number of methoxy groups -OCH3 is 1. The lowest BCUT2D eigenvalue weighted by Gasteiger charge is -2.31. The molecular weight excluding hydrogens is 324 g/mol. The van der Waals surface area contributed by atoms with Crippen LogP contribution in [0.2, 0.25) is 0 Å². The minimum Gasteiger partial charge on any atom is -0.480 e. The number of carbonyl (C=O) groups is 1. The molecule has 0 aromatic carbocycles. The molecule has 0 radical (unpaired) electrons. The Morgan fingerprint density at radius 1 is 1.36 bits per heavy atom. The van der Waals surface area contributed by atoms with Crippen LogP contribution in [0.4, 0.5) is 22.2 Å². The van der Waals surface area contributed by atoms with Crippen molar-refractivity contribution in [2.45, 2.75) is 18.9 Å². The van der Waals surface area contributed by atoms with Crippen molar-refractivity contribution in [3.05, 3.63) is 30.6 Å². The molecule has 1 aliphatic heterocycles. The summed E-state index contributed by atoms with van der Waals surface area (Å²) >= 11 is 0. The fourth-order valence-electron chi connectivity index (χ4n) is 2.75. The number of nitrogens with zero attached hydrogens (tertiary/aromatic N) is 4. The maximum absolute atomic E-state index is 11.1. The van der Waals surface area contributed by atoms with Crippen LogP contribution in [0.1, 0.15) is 12.8 Å². The molecule has 3 heterocycles. The summed E-state index contributed by atoms with van der Waals surface area (Å²) in [4.78, 5) is 25.3. The number of likely N-dealkylation sites (tertiary alicyclic amines) is 1. The first-order valence-electron chi connectivity index (χ1n) is 7.99. The summed E-state index contributed by atoms with van der Waals surface area (Å²) < 4.78 is 5.20.